The summed E-state index contributed by atoms with van der Waals surface area (Å²) >= 11 is 0. The number of ether oxygens (including phenoxy) is 1. The number of hydrogen-bond donors (Lipinski definition) is 1. The van der Waals surface area contributed by atoms with Crippen LogP contribution in [0, 0.1) is 0 Å². The zero-order valence-electron chi connectivity index (χ0n) is 12.7. The van der Waals surface area contributed by atoms with Crippen LogP contribution in [0.4, 0.5) is 0 Å². The average Bonchev–Trinajstić information content (AvgIpc) is 2.54. The van der Waals surface area contributed by atoms with E-state index in [1.165, 1.54) is 32.1 Å². The summed E-state index contributed by atoms with van der Waals surface area (Å²) in [7, 11) is 0. The van der Waals surface area contributed by atoms with Crippen molar-refractivity contribution < 1.29 is 4.74 Å². The van der Waals surface area contributed by atoms with Gasteiger partial charge in [-0.15, -0.1) is 0 Å². The molecule has 1 aromatic heterocycles. The molecule has 0 radical (unpaired) electrons. The molecule has 3 rings (SSSR count). The Morgan fingerprint density at radius 1 is 1.19 bits per heavy atom. The first-order valence-corrected chi connectivity index (χ1v) is 8.07. The van der Waals surface area contributed by atoms with E-state index in [4.69, 9.17) is 4.74 Å². The highest BCUT2D eigenvalue weighted by atomic mass is 16.5. The molecule has 1 saturated carbocycles. The fourth-order valence-corrected chi connectivity index (χ4v) is 3.08. The molecule has 0 amide bonds. The Morgan fingerprint density at radius 2 is 2.05 bits per heavy atom. The minimum absolute atomic E-state index is 0.165. The van der Waals surface area contributed by atoms with E-state index in [0.717, 1.165) is 23.2 Å². The van der Waals surface area contributed by atoms with Crippen LogP contribution in [0.3, 0.4) is 0 Å². The summed E-state index contributed by atoms with van der Waals surface area (Å²) < 4.78 is 6.12. The van der Waals surface area contributed by atoms with E-state index in [0.29, 0.717) is 6.04 Å². The van der Waals surface area contributed by atoms with E-state index in [1.807, 2.05) is 30.5 Å². The monoisotopic (exact) mass is 284 g/mol. The number of aromatic nitrogens is 1. The van der Waals surface area contributed by atoms with Gasteiger partial charge >= 0.3 is 0 Å². The quantitative estimate of drug-likeness (QED) is 0.903. The highest BCUT2D eigenvalue weighted by molar-refractivity contribution is 5.84. The molecule has 1 heterocycles. The fraction of sp³-hybridized carbons (Fsp3) is 0.500. The first-order valence-electron chi connectivity index (χ1n) is 8.07. The van der Waals surface area contributed by atoms with Crippen LogP contribution in [0.1, 0.15) is 39.0 Å². The molecule has 21 heavy (non-hydrogen) atoms. The van der Waals surface area contributed by atoms with Crippen LogP contribution in [-0.4, -0.2) is 23.7 Å². The van der Waals surface area contributed by atoms with Crippen molar-refractivity contribution in [2.24, 2.45) is 0 Å². The molecule has 2 aromatic rings. The number of rotatable bonds is 5. The topological polar surface area (TPSA) is 34.1 Å². The van der Waals surface area contributed by atoms with Crippen LogP contribution in [0.25, 0.3) is 10.9 Å². The van der Waals surface area contributed by atoms with E-state index >= 15 is 0 Å². The molecule has 1 unspecified atom stereocenters. The van der Waals surface area contributed by atoms with Crippen LogP contribution in [0.15, 0.2) is 36.5 Å². The van der Waals surface area contributed by atoms with Gasteiger partial charge in [-0.1, -0.05) is 25.3 Å². The number of nitrogens with zero attached hydrogens (tertiary/aromatic N) is 1. The van der Waals surface area contributed by atoms with Crippen molar-refractivity contribution in [2.75, 3.05) is 6.54 Å². The van der Waals surface area contributed by atoms with Crippen molar-refractivity contribution >= 4 is 10.9 Å². The predicted octanol–water partition coefficient (Wildman–Crippen LogP) is 3.92. The Labute approximate surface area is 126 Å². The number of nitrogens with one attached hydrogen (secondary N) is 1. The Hall–Kier alpha value is -1.61. The van der Waals surface area contributed by atoms with Crippen LogP contribution >= 0.6 is 0 Å². The van der Waals surface area contributed by atoms with Crippen LogP contribution in [0.2, 0.25) is 0 Å². The lowest BCUT2D eigenvalue weighted by Crippen LogP contribution is -2.37. The van der Waals surface area contributed by atoms with Crippen molar-refractivity contribution in [2.45, 2.75) is 51.2 Å². The molecule has 1 aliphatic carbocycles. The van der Waals surface area contributed by atoms with Gasteiger partial charge in [-0.25, -0.2) is 0 Å². The first-order chi connectivity index (χ1) is 10.3. The summed E-state index contributed by atoms with van der Waals surface area (Å²) in [6.07, 6.45) is 8.73. The molecule has 1 aromatic carbocycles. The van der Waals surface area contributed by atoms with Crippen LogP contribution in [-0.2, 0) is 0 Å². The standard InChI is InChI=1S/C18H24N2O/c1-14(13-20-15-7-3-2-4-8-15)21-18-11-5-10-17-16(18)9-6-12-19-17/h5-6,9-12,14-15,20H,2-4,7-8,13H2,1H3. The molecule has 1 atom stereocenters. The lowest BCUT2D eigenvalue weighted by molar-refractivity contribution is 0.207. The molecule has 1 N–H and O–H groups in total. The van der Waals surface area contributed by atoms with Gasteiger partial charge in [-0.05, 0) is 44.0 Å². The first kappa shape index (κ1) is 14.3. The predicted molar refractivity (Wildman–Crippen MR) is 86.7 cm³/mol. The molecule has 112 valence electrons. The van der Waals surface area contributed by atoms with Gasteiger partial charge in [0.15, 0.2) is 0 Å². The molecule has 0 saturated heterocycles. The minimum Gasteiger partial charge on any atom is -0.489 e. The number of hydrogen-bond acceptors (Lipinski definition) is 3. The largest absolute Gasteiger partial charge is 0.489 e. The molecule has 0 spiro atoms. The number of pyridine rings is 1. The van der Waals surface area contributed by atoms with Crippen molar-refractivity contribution in [3.8, 4) is 5.75 Å². The van der Waals surface area contributed by atoms with E-state index in [2.05, 4.69) is 23.3 Å². The third kappa shape index (κ3) is 3.73. The van der Waals surface area contributed by atoms with Crippen molar-refractivity contribution in [3.05, 3.63) is 36.5 Å². The molecule has 3 heteroatoms. The van der Waals surface area contributed by atoms with Gasteiger partial charge in [-0.2, -0.15) is 0 Å². The smallest absolute Gasteiger partial charge is 0.129 e. The number of benzene rings is 1. The molecule has 1 fully saturated rings. The third-order valence-corrected chi connectivity index (χ3v) is 4.23. The molecule has 0 aliphatic heterocycles. The maximum atomic E-state index is 6.12. The molecular formula is C18H24N2O. The van der Waals surface area contributed by atoms with Gasteiger partial charge in [0.1, 0.15) is 11.9 Å². The van der Waals surface area contributed by atoms with Gasteiger partial charge in [0.2, 0.25) is 0 Å². The van der Waals surface area contributed by atoms with Gasteiger partial charge < -0.3 is 10.1 Å². The zero-order chi connectivity index (χ0) is 14.5. The van der Waals surface area contributed by atoms with Crippen molar-refractivity contribution in [1.29, 1.82) is 0 Å². The molecule has 0 bridgehead atoms. The third-order valence-electron chi connectivity index (χ3n) is 4.23. The lowest BCUT2D eigenvalue weighted by atomic mass is 9.95. The summed E-state index contributed by atoms with van der Waals surface area (Å²) in [5, 5.41) is 4.74. The Kier molecular flexibility index (Phi) is 4.71. The Bertz CT molecular complexity index is 573. The van der Waals surface area contributed by atoms with Gasteiger partial charge in [0, 0.05) is 24.2 Å². The second-order valence-corrected chi connectivity index (χ2v) is 6.00. The Balaban J connectivity index is 1.59. The maximum Gasteiger partial charge on any atom is 0.129 e. The van der Waals surface area contributed by atoms with Crippen molar-refractivity contribution in [3.63, 3.8) is 0 Å². The van der Waals surface area contributed by atoms with E-state index in [1.54, 1.807) is 0 Å². The number of fused-ring (bicyclic) bond motifs is 1. The van der Waals surface area contributed by atoms with Gasteiger partial charge in [-0.3, -0.25) is 4.98 Å². The summed E-state index contributed by atoms with van der Waals surface area (Å²) in [6.45, 7) is 3.03. The molecule has 3 nitrogen and oxygen atoms in total. The SMILES string of the molecule is CC(CNC1CCCCC1)Oc1cccc2ncccc12. The fourth-order valence-electron chi connectivity index (χ4n) is 3.08. The second kappa shape index (κ2) is 6.90. The van der Waals surface area contributed by atoms with Gasteiger partial charge in [0.05, 0.1) is 5.52 Å². The minimum atomic E-state index is 0.165. The summed E-state index contributed by atoms with van der Waals surface area (Å²) in [6, 6.07) is 10.8. The highest BCUT2D eigenvalue weighted by Gasteiger charge is 2.14. The van der Waals surface area contributed by atoms with Crippen molar-refractivity contribution in [1.82, 2.24) is 10.3 Å². The second-order valence-electron chi connectivity index (χ2n) is 6.00. The highest BCUT2D eigenvalue weighted by Crippen LogP contribution is 2.24. The molecule has 1 aliphatic rings. The summed E-state index contributed by atoms with van der Waals surface area (Å²) in [5.41, 5.74) is 0.988. The maximum absolute atomic E-state index is 6.12. The zero-order valence-corrected chi connectivity index (χ0v) is 12.7. The van der Waals surface area contributed by atoms with Crippen LogP contribution < -0.4 is 10.1 Å². The Morgan fingerprint density at radius 3 is 2.90 bits per heavy atom. The lowest BCUT2D eigenvalue weighted by Gasteiger charge is -2.25. The normalized spacial score (nSPS) is 17.8. The van der Waals surface area contributed by atoms with Crippen LogP contribution in [0.5, 0.6) is 5.75 Å². The van der Waals surface area contributed by atoms with E-state index < -0.39 is 0 Å². The summed E-state index contributed by atoms with van der Waals surface area (Å²) in [5.74, 6) is 0.929. The summed E-state index contributed by atoms with van der Waals surface area (Å²) in [4.78, 5) is 4.37. The average molecular weight is 284 g/mol. The molecular weight excluding hydrogens is 260 g/mol. The van der Waals surface area contributed by atoms with E-state index in [9.17, 15) is 0 Å². The van der Waals surface area contributed by atoms with Gasteiger partial charge in [0.25, 0.3) is 0 Å². The van der Waals surface area contributed by atoms with E-state index in [-0.39, 0.29) is 6.10 Å².